The van der Waals surface area contributed by atoms with Gasteiger partial charge in [-0.05, 0) is 25.3 Å². The average molecular weight is 399 g/mol. The lowest BCUT2D eigenvalue weighted by atomic mass is 9.98. The predicted octanol–water partition coefficient (Wildman–Crippen LogP) is 4.54. The SMILES string of the molecule is CC(C)CCCC(C)CCOC(CCOCNCCCl)N(C)CCCl. The monoisotopic (exact) mass is 398 g/mol. The Balaban J connectivity index is 3.97. The summed E-state index contributed by atoms with van der Waals surface area (Å²) in [5, 5.41) is 3.12. The third-order valence-corrected chi connectivity index (χ3v) is 4.67. The van der Waals surface area contributed by atoms with Crippen molar-refractivity contribution >= 4 is 23.2 Å². The van der Waals surface area contributed by atoms with Crippen molar-refractivity contribution in [1.82, 2.24) is 10.2 Å². The highest BCUT2D eigenvalue weighted by Gasteiger charge is 2.15. The molecule has 0 aromatic heterocycles. The lowest BCUT2D eigenvalue weighted by molar-refractivity contribution is -0.0669. The summed E-state index contributed by atoms with van der Waals surface area (Å²) in [5.74, 6) is 2.73. The molecule has 0 aliphatic heterocycles. The normalized spacial score (nSPS) is 14.4. The summed E-state index contributed by atoms with van der Waals surface area (Å²) < 4.78 is 11.7. The van der Waals surface area contributed by atoms with E-state index in [9.17, 15) is 0 Å². The van der Waals surface area contributed by atoms with E-state index in [1.807, 2.05) is 0 Å². The van der Waals surface area contributed by atoms with E-state index in [-0.39, 0.29) is 6.23 Å². The molecule has 0 radical (unpaired) electrons. The number of nitrogens with zero attached hydrogens (tertiary/aromatic N) is 1. The van der Waals surface area contributed by atoms with Gasteiger partial charge in [-0.1, -0.05) is 40.0 Å². The smallest absolute Gasteiger partial charge is 0.112 e. The molecule has 0 amide bonds. The second-order valence-corrected chi connectivity index (χ2v) is 8.00. The van der Waals surface area contributed by atoms with Crippen LogP contribution in [-0.2, 0) is 9.47 Å². The fourth-order valence-electron chi connectivity index (χ4n) is 2.60. The van der Waals surface area contributed by atoms with Crippen molar-refractivity contribution in [2.75, 3.05) is 51.8 Å². The highest BCUT2D eigenvalue weighted by atomic mass is 35.5. The molecule has 6 heteroatoms. The van der Waals surface area contributed by atoms with Gasteiger partial charge in [-0.2, -0.15) is 0 Å². The molecule has 0 spiro atoms. The zero-order valence-corrected chi connectivity index (χ0v) is 18.2. The highest BCUT2D eigenvalue weighted by Crippen LogP contribution is 2.16. The van der Waals surface area contributed by atoms with Crippen LogP contribution in [0.1, 0.15) is 52.9 Å². The van der Waals surface area contributed by atoms with Gasteiger partial charge in [0.25, 0.3) is 0 Å². The van der Waals surface area contributed by atoms with Crippen LogP contribution in [0.25, 0.3) is 0 Å². The first-order chi connectivity index (χ1) is 12.0. The molecule has 0 saturated carbocycles. The molecule has 0 aliphatic carbocycles. The zero-order valence-electron chi connectivity index (χ0n) is 16.7. The summed E-state index contributed by atoms with van der Waals surface area (Å²) in [7, 11) is 2.06. The molecule has 0 aromatic carbocycles. The molecule has 0 heterocycles. The standard InChI is InChI=1S/C19H40Cl2N2O2/c1-17(2)6-5-7-18(3)8-15-25-19(23(4)13-11-21)9-14-24-16-22-12-10-20/h17-19,22H,5-16H2,1-4H3. The Morgan fingerprint density at radius 1 is 0.960 bits per heavy atom. The number of hydrogen-bond acceptors (Lipinski definition) is 4. The van der Waals surface area contributed by atoms with Gasteiger partial charge in [0.2, 0.25) is 0 Å². The van der Waals surface area contributed by atoms with E-state index in [1.165, 1.54) is 19.3 Å². The summed E-state index contributed by atoms with van der Waals surface area (Å²) in [5.41, 5.74) is 0. The van der Waals surface area contributed by atoms with Gasteiger partial charge in [0, 0.05) is 37.9 Å². The first kappa shape index (κ1) is 25.4. The van der Waals surface area contributed by atoms with Crippen molar-refractivity contribution in [2.45, 2.75) is 59.1 Å². The Kier molecular flexibility index (Phi) is 18.1. The summed E-state index contributed by atoms with van der Waals surface area (Å²) in [6, 6.07) is 0. The molecule has 0 saturated heterocycles. The molecule has 1 N–H and O–H groups in total. The van der Waals surface area contributed by atoms with Crippen molar-refractivity contribution in [2.24, 2.45) is 11.8 Å². The van der Waals surface area contributed by atoms with Crippen LogP contribution in [0.5, 0.6) is 0 Å². The lowest BCUT2D eigenvalue weighted by Crippen LogP contribution is -2.37. The van der Waals surface area contributed by atoms with Crippen molar-refractivity contribution < 1.29 is 9.47 Å². The number of hydrogen-bond donors (Lipinski definition) is 1. The maximum Gasteiger partial charge on any atom is 0.112 e. The molecular weight excluding hydrogens is 359 g/mol. The van der Waals surface area contributed by atoms with Crippen LogP contribution in [0.2, 0.25) is 0 Å². The van der Waals surface area contributed by atoms with Crippen molar-refractivity contribution in [3.05, 3.63) is 0 Å². The van der Waals surface area contributed by atoms with Gasteiger partial charge in [0.05, 0.1) is 13.3 Å². The van der Waals surface area contributed by atoms with Gasteiger partial charge in [0.15, 0.2) is 0 Å². The Bertz CT molecular complexity index is 284. The minimum absolute atomic E-state index is 0.0645. The topological polar surface area (TPSA) is 33.7 Å². The van der Waals surface area contributed by atoms with Crippen LogP contribution >= 0.6 is 23.2 Å². The predicted molar refractivity (Wildman–Crippen MR) is 110 cm³/mol. The zero-order chi connectivity index (χ0) is 18.9. The highest BCUT2D eigenvalue weighted by molar-refractivity contribution is 6.18. The maximum atomic E-state index is 6.13. The second kappa shape index (κ2) is 17.8. The largest absolute Gasteiger partial charge is 0.366 e. The van der Waals surface area contributed by atoms with E-state index in [2.05, 4.69) is 38.0 Å². The molecule has 2 unspecified atom stereocenters. The minimum atomic E-state index is 0.0645. The van der Waals surface area contributed by atoms with Gasteiger partial charge in [-0.3, -0.25) is 10.2 Å². The van der Waals surface area contributed by atoms with Gasteiger partial charge in [-0.25, -0.2) is 0 Å². The van der Waals surface area contributed by atoms with Crippen molar-refractivity contribution in [3.63, 3.8) is 0 Å². The second-order valence-electron chi connectivity index (χ2n) is 7.24. The van der Waals surface area contributed by atoms with Crippen LogP contribution in [0.4, 0.5) is 0 Å². The van der Waals surface area contributed by atoms with Crippen LogP contribution in [0.15, 0.2) is 0 Å². The third kappa shape index (κ3) is 16.3. The first-order valence-electron chi connectivity index (χ1n) is 9.73. The number of alkyl halides is 2. The summed E-state index contributed by atoms with van der Waals surface area (Å²) in [6.45, 7) is 10.5. The Hall–Kier alpha value is 0.420. The molecule has 0 rings (SSSR count). The number of rotatable bonds is 18. The Morgan fingerprint density at radius 2 is 1.72 bits per heavy atom. The minimum Gasteiger partial charge on any atom is -0.366 e. The summed E-state index contributed by atoms with van der Waals surface area (Å²) in [6.07, 6.45) is 5.95. The van der Waals surface area contributed by atoms with Crippen molar-refractivity contribution in [3.8, 4) is 0 Å². The van der Waals surface area contributed by atoms with Gasteiger partial charge >= 0.3 is 0 Å². The van der Waals surface area contributed by atoms with Gasteiger partial charge in [-0.15, -0.1) is 23.2 Å². The average Bonchev–Trinajstić information content (AvgIpc) is 2.56. The molecule has 4 nitrogen and oxygen atoms in total. The van der Waals surface area contributed by atoms with Crippen LogP contribution in [0, 0.1) is 11.8 Å². The quantitative estimate of drug-likeness (QED) is 0.208. The van der Waals surface area contributed by atoms with E-state index in [1.54, 1.807) is 0 Å². The van der Waals surface area contributed by atoms with E-state index < -0.39 is 0 Å². The van der Waals surface area contributed by atoms with Crippen molar-refractivity contribution in [1.29, 1.82) is 0 Å². The van der Waals surface area contributed by atoms with E-state index in [4.69, 9.17) is 32.7 Å². The molecular formula is C19H40Cl2N2O2. The molecule has 2 atom stereocenters. The van der Waals surface area contributed by atoms with Gasteiger partial charge < -0.3 is 9.47 Å². The number of ether oxygens (including phenoxy) is 2. The Labute approximate surface area is 165 Å². The fourth-order valence-corrected chi connectivity index (χ4v) is 3.00. The summed E-state index contributed by atoms with van der Waals surface area (Å²) >= 11 is 11.5. The third-order valence-electron chi connectivity index (χ3n) is 4.31. The number of nitrogens with one attached hydrogen (secondary N) is 1. The fraction of sp³-hybridized carbons (Fsp3) is 1.00. The van der Waals surface area contributed by atoms with Crippen LogP contribution < -0.4 is 5.32 Å². The molecule has 0 bridgehead atoms. The molecule has 152 valence electrons. The van der Waals surface area contributed by atoms with E-state index in [0.29, 0.717) is 31.0 Å². The number of halogens is 2. The van der Waals surface area contributed by atoms with Crippen LogP contribution in [-0.4, -0.2) is 63.0 Å². The van der Waals surface area contributed by atoms with Crippen LogP contribution in [0.3, 0.4) is 0 Å². The Morgan fingerprint density at radius 3 is 2.36 bits per heavy atom. The first-order valence-corrected chi connectivity index (χ1v) is 10.8. The molecule has 25 heavy (non-hydrogen) atoms. The molecule has 0 aromatic rings. The van der Waals surface area contributed by atoms with E-state index >= 15 is 0 Å². The van der Waals surface area contributed by atoms with E-state index in [0.717, 1.165) is 38.5 Å². The summed E-state index contributed by atoms with van der Waals surface area (Å²) in [4.78, 5) is 2.17. The maximum absolute atomic E-state index is 6.13. The lowest BCUT2D eigenvalue weighted by Gasteiger charge is -2.28. The van der Waals surface area contributed by atoms with Gasteiger partial charge in [0.1, 0.15) is 6.23 Å². The molecule has 0 fully saturated rings. The molecule has 0 aliphatic rings.